The first-order valence-corrected chi connectivity index (χ1v) is 7.99. The van der Waals surface area contributed by atoms with E-state index in [-0.39, 0.29) is 12.1 Å². The highest BCUT2D eigenvalue weighted by Crippen LogP contribution is 2.39. The Hall–Kier alpha value is -2.60. The third-order valence-electron chi connectivity index (χ3n) is 3.64. The van der Waals surface area contributed by atoms with Crippen LogP contribution in [-0.2, 0) is 0 Å². The van der Waals surface area contributed by atoms with E-state index < -0.39 is 0 Å². The standard InChI is InChI=1S/C18H21ClN2O4/c1-11(12-5-7-13(19)8-6-12)20-18(22)21-14-9-15(23-2)17(25-4)16(10-14)24-3/h5-11H,1-4H3,(H2,20,21,22)/t11-/m1/s1. The van der Waals surface area contributed by atoms with Crippen LogP contribution < -0.4 is 24.8 Å². The molecule has 0 bridgehead atoms. The van der Waals surface area contributed by atoms with Crippen molar-refractivity contribution >= 4 is 23.3 Å². The lowest BCUT2D eigenvalue weighted by molar-refractivity contribution is 0.249. The number of carbonyl (C=O) groups is 1. The molecule has 2 N–H and O–H groups in total. The van der Waals surface area contributed by atoms with Crippen molar-refractivity contribution in [1.29, 1.82) is 0 Å². The summed E-state index contributed by atoms with van der Waals surface area (Å²) in [4.78, 5) is 12.3. The van der Waals surface area contributed by atoms with Crippen LogP contribution in [0.15, 0.2) is 36.4 Å². The highest BCUT2D eigenvalue weighted by atomic mass is 35.5. The quantitative estimate of drug-likeness (QED) is 0.804. The normalized spacial score (nSPS) is 11.4. The summed E-state index contributed by atoms with van der Waals surface area (Å²) < 4.78 is 15.8. The summed E-state index contributed by atoms with van der Waals surface area (Å²) in [5, 5.41) is 6.28. The van der Waals surface area contributed by atoms with Crippen molar-refractivity contribution in [1.82, 2.24) is 5.32 Å². The van der Waals surface area contributed by atoms with Gasteiger partial charge < -0.3 is 24.8 Å². The molecule has 2 aromatic rings. The molecule has 2 amide bonds. The summed E-state index contributed by atoms with van der Waals surface area (Å²) in [5.74, 6) is 1.39. The lowest BCUT2D eigenvalue weighted by Crippen LogP contribution is -2.31. The molecule has 2 aromatic carbocycles. The fourth-order valence-corrected chi connectivity index (χ4v) is 2.48. The first-order valence-electron chi connectivity index (χ1n) is 7.61. The molecular weight excluding hydrogens is 344 g/mol. The second-order valence-corrected chi connectivity index (χ2v) is 5.72. The van der Waals surface area contributed by atoms with Crippen LogP contribution in [0.3, 0.4) is 0 Å². The average Bonchev–Trinajstić information content (AvgIpc) is 2.61. The van der Waals surface area contributed by atoms with Gasteiger partial charge in [0.05, 0.1) is 33.1 Å². The van der Waals surface area contributed by atoms with Crippen molar-refractivity contribution in [3.63, 3.8) is 0 Å². The van der Waals surface area contributed by atoms with Crippen LogP contribution in [0.5, 0.6) is 17.2 Å². The second-order valence-electron chi connectivity index (χ2n) is 5.29. The number of halogens is 1. The Morgan fingerprint density at radius 1 is 1.00 bits per heavy atom. The van der Waals surface area contributed by atoms with Crippen LogP contribution in [-0.4, -0.2) is 27.4 Å². The van der Waals surface area contributed by atoms with Gasteiger partial charge in [-0.15, -0.1) is 0 Å². The number of benzene rings is 2. The van der Waals surface area contributed by atoms with Gasteiger partial charge in [0.25, 0.3) is 0 Å². The van der Waals surface area contributed by atoms with Gasteiger partial charge in [-0.3, -0.25) is 0 Å². The zero-order valence-electron chi connectivity index (χ0n) is 14.6. The minimum Gasteiger partial charge on any atom is -0.493 e. The van der Waals surface area contributed by atoms with Crippen LogP contribution in [0.4, 0.5) is 10.5 Å². The molecule has 134 valence electrons. The van der Waals surface area contributed by atoms with Gasteiger partial charge >= 0.3 is 6.03 Å². The average molecular weight is 365 g/mol. The predicted octanol–water partition coefficient (Wildman–Crippen LogP) is 4.25. The lowest BCUT2D eigenvalue weighted by Gasteiger charge is -2.17. The third kappa shape index (κ3) is 4.70. The zero-order valence-corrected chi connectivity index (χ0v) is 15.3. The third-order valence-corrected chi connectivity index (χ3v) is 3.89. The first-order chi connectivity index (χ1) is 12.0. The smallest absolute Gasteiger partial charge is 0.319 e. The van der Waals surface area contributed by atoms with Crippen molar-refractivity contribution in [3.8, 4) is 17.2 Å². The van der Waals surface area contributed by atoms with Gasteiger partial charge in [-0.2, -0.15) is 0 Å². The molecule has 0 aromatic heterocycles. The molecule has 0 saturated heterocycles. The number of methoxy groups -OCH3 is 3. The topological polar surface area (TPSA) is 68.8 Å². The van der Waals surface area contributed by atoms with E-state index >= 15 is 0 Å². The molecule has 0 radical (unpaired) electrons. The fourth-order valence-electron chi connectivity index (χ4n) is 2.35. The fraction of sp³-hybridized carbons (Fsp3) is 0.278. The Balaban J connectivity index is 2.10. The molecule has 0 saturated carbocycles. The summed E-state index contributed by atoms with van der Waals surface area (Å²) in [7, 11) is 4.56. The molecule has 6 nitrogen and oxygen atoms in total. The van der Waals surface area contributed by atoms with Gasteiger partial charge in [-0.05, 0) is 24.6 Å². The largest absolute Gasteiger partial charge is 0.493 e. The molecule has 0 heterocycles. The SMILES string of the molecule is COc1cc(NC(=O)N[C@H](C)c2ccc(Cl)cc2)cc(OC)c1OC. The second kappa shape index (κ2) is 8.48. The minimum absolute atomic E-state index is 0.181. The Morgan fingerprint density at radius 2 is 1.56 bits per heavy atom. The molecule has 2 rings (SSSR count). The van der Waals surface area contributed by atoms with E-state index in [2.05, 4.69) is 10.6 Å². The van der Waals surface area contributed by atoms with Crippen molar-refractivity contribution in [2.75, 3.05) is 26.6 Å². The van der Waals surface area contributed by atoms with Gasteiger partial charge in [0.2, 0.25) is 5.75 Å². The number of hydrogen-bond acceptors (Lipinski definition) is 4. The molecule has 0 aliphatic carbocycles. The maximum atomic E-state index is 12.3. The van der Waals surface area contributed by atoms with Crippen molar-refractivity contribution in [3.05, 3.63) is 47.0 Å². The number of carbonyl (C=O) groups excluding carboxylic acids is 1. The van der Waals surface area contributed by atoms with Gasteiger partial charge in [-0.25, -0.2) is 4.79 Å². The molecule has 0 aliphatic rings. The van der Waals surface area contributed by atoms with E-state index in [1.54, 1.807) is 24.3 Å². The number of nitrogens with one attached hydrogen (secondary N) is 2. The van der Waals surface area contributed by atoms with Gasteiger partial charge in [-0.1, -0.05) is 23.7 Å². The van der Waals surface area contributed by atoms with Gasteiger partial charge in [0, 0.05) is 17.2 Å². The summed E-state index contributed by atoms with van der Waals surface area (Å²) in [6, 6.07) is 10.1. The van der Waals surface area contributed by atoms with Crippen LogP contribution >= 0.6 is 11.6 Å². The molecule has 0 fully saturated rings. The summed E-state index contributed by atoms with van der Waals surface area (Å²) >= 11 is 5.88. The summed E-state index contributed by atoms with van der Waals surface area (Å²) in [5.41, 5.74) is 1.47. The number of rotatable bonds is 6. The number of anilines is 1. The number of urea groups is 1. The predicted molar refractivity (Wildman–Crippen MR) is 98.1 cm³/mol. The minimum atomic E-state index is -0.350. The number of hydrogen-bond donors (Lipinski definition) is 2. The first kappa shape index (κ1) is 18.7. The lowest BCUT2D eigenvalue weighted by atomic mass is 10.1. The highest BCUT2D eigenvalue weighted by Gasteiger charge is 2.15. The van der Waals surface area contributed by atoms with E-state index in [0.717, 1.165) is 5.56 Å². The molecular formula is C18H21ClN2O4. The molecule has 7 heteroatoms. The molecule has 1 atom stereocenters. The Labute approximate surface area is 152 Å². The van der Waals surface area contributed by atoms with Gasteiger partial charge in [0.15, 0.2) is 11.5 Å². The van der Waals surface area contributed by atoms with Crippen molar-refractivity contribution in [2.45, 2.75) is 13.0 Å². The number of amides is 2. The Kier molecular flexibility index (Phi) is 6.36. The zero-order chi connectivity index (χ0) is 18.4. The summed E-state index contributed by atoms with van der Waals surface area (Å²) in [6.45, 7) is 1.89. The van der Waals surface area contributed by atoms with E-state index in [0.29, 0.717) is 28.0 Å². The van der Waals surface area contributed by atoms with Crippen molar-refractivity contribution in [2.24, 2.45) is 0 Å². The van der Waals surface area contributed by atoms with E-state index in [9.17, 15) is 4.79 Å². The van der Waals surface area contributed by atoms with Gasteiger partial charge in [0.1, 0.15) is 0 Å². The molecule has 0 aliphatic heterocycles. The van der Waals surface area contributed by atoms with Crippen LogP contribution in [0.2, 0.25) is 5.02 Å². The van der Waals surface area contributed by atoms with E-state index in [1.165, 1.54) is 21.3 Å². The number of ether oxygens (including phenoxy) is 3. The molecule has 0 unspecified atom stereocenters. The Morgan fingerprint density at radius 3 is 2.04 bits per heavy atom. The van der Waals surface area contributed by atoms with E-state index in [4.69, 9.17) is 25.8 Å². The summed E-state index contributed by atoms with van der Waals surface area (Å²) in [6.07, 6.45) is 0. The van der Waals surface area contributed by atoms with Crippen LogP contribution in [0, 0.1) is 0 Å². The highest BCUT2D eigenvalue weighted by molar-refractivity contribution is 6.30. The Bertz CT molecular complexity index is 709. The molecule has 25 heavy (non-hydrogen) atoms. The van der Waals surface area contributed by atoms with E-state index in [1.807, 2.05) is 19.1 Å². The maximum Gasteiger partial charge on any atom is 0.319 e. The van der Waals surface area contributed by atoms with Crippen LogP contribution in [0.1, 0.15) is 18.5 Å². The maximum absolute atomic E-state index is 12.3. The van der Waals surface area contributed by atoms with Crippen LogP contribution in [0.25, 0.3) is 0 Å². The molecule has 0 spiro atoms. The van der Waals surface area contributed by atoms with Crippen molar-refractivity contribution < 1.29 is 19.0 Å². The monoisotopic (exact) mass is 364 g/mol.